The summed E-state index contributed by atoms with van der Waals surface area (Å²) in [7, 11) is 6.05. The van der Waals surface area contributed by atoms with Gasteiger partial charge in [-0.3, -0.25) is 4.90 Å². The number of rotatable bonds is 5. The molecule has 0 saturated carbocycles. The van der Waals surface area contributed by atoms with Crippen LogP contribution in [0, 0.1) is 5.82 Å². The highest BCUT2D eigenvalue weighted by molar-refractivity contribution is 5.49. The molecule has 1 aliphatic heterocycles. The zero-order valence-corrected chi connectivity index (χ0v) is 14.5. The number of hydrogen-bond acceptors (Lipinski definition) is 5. The van der Waals surface area contributed by atoms with Crippen LogP contribution in [0.5, 0.6) is 0 Å². The van der Waals surface area contributed by atoms with Crippen LogP contribution in [0.2, 0.25) is 0 Å². The Hall–Kier alpha value is -2.21. The van der Waals surface area contributed by atoms with Gasteiger partial charge in [0.2, 0.25) is 0 Å². The van der Waals surface area contributed by atoms with Gasteiger partial charge in [0.1, 0.15) is 23.8 Å². The van der Waals surface area contributed by atoms with E-state index in [0.29, 0.717) is 6.04 Å². The van der Waals surface area contributed by atoms with Crippen LogP contribution in [0.3, 0.4) is 0 Å². The second-order valence-corrected chi connectivity index (χ2v) is 6.54. The molecule has 3 rings (SSSR count). The van der Waals surface area contributed by atoms with Gasteiger partial charge in [0.15, 0.2) is 0 Å². The molecule has 1 aromatic heterocycles. The molecule has 0 radical (unpaired) electrons. The van der Waals surface area contributed by atoms with E-state index in [0.717, 1.165) is 43.3 Å². The summed E-state index contributed by atoms with van der Waals surface area (Å²) >= 11 is 0. The molecule has 24 heavy (non-hydrogen) atoms. The summed E-state index contributed by atoms with van der Waals surface area (Å²) < 4.78 is 13.0. The first kappa shape index (κ1) is 16.6. The first-order chi connectivity index (χ1) is 11.5. The average molecular weight is 329 g/mol. The molecule has 0 aliphatic carbocycles. The highest BCUT2D eigenvalue weighted by atomic mass is 19.1. The zero-order chi connectivity index (χ0) is 17.1. The fraction of sp³-hybridized carbons (Fsp3) is 0.444. The molecule has 6 heteroatoms. The Kier molecular flexibility index (Phi) is 4.94. The van der Waals surface area contributed by atoms with E-state index in [1.807, 2.05) is 37.2 Å². The van der Waals surface area contributed by atoms with E-state index in [1.54, 1.807) is 6.33 Å². The molecule has 1 saturated heterocycles. The van der Waals surface area contributed by atoms with E-state index in [9.17, 15) is 4.39 Å². The highest BCUT2D eigenvalue weighted by Crippen LogP contribution is 2.23. The van der Waals surface area contributed by atoms with Crippen LogP contribution in [0.4, 0.5) is 16.0 Å². The third-order valence-electron chi connectivity index (χ3n) is 4.57. The standard InChI is InChI=1S/C18H24FN5/c1-22(2)17-10-18(21-13-20-17)23(3)16-8-9-24(12-16)11-14-4-6-15(19)7-5-14/h4-7,10,13,16H,8-9,11-12H2,1-3H3. The lowest BCUT2D eigenvalue weighted by atomic mass is 10.2. The van der Waals surface area contributed by atoms with E-state index in [1.165, 1.54) is 12.1 Å². The van der Waals surface area contributed by atoms with Crippen LogP contribution < -0.4 is 9.80 Å². The summed E-state index contributed by atoms with van der Waals surface area (Å²) in [6, 6.07) is 9.22. The highest BCUT2D eigenvalue weighted by Gasteiger charge is 2.26. The van der Waals surface area contributed by atoms with E-state index < -0.39 is 0 Å². The maximum atomic E-state index is 13.0. The first-order valence-electron chi connectivity index (χ1n) is 8.22. The van der Waals surface area contributed by atoms with E-state index in [-0.39, 0.29) is 5.82 Å². The Bertz CT molecular complexity index is 673. The van der Waals surface area contributed by atoms with Crippen molar-refractivity contribution >= 4 is 11.6 Å². The molecular formula is C18H24FN5. The molecule has 1 atom stereocenters. The summed E-state index contributed by atoms with van der Waals surface area (Å²) in [5, 5.41) is 0. The molecule has 2 heterocycles. The number of halogens is 1. The molecule has 1 fully saturated rings. The molecule has 1 aromatic carbocycles. The molecule has 0 N–H and O–H groups in total. The van der Waals surface area contributed by atoms with Gasteiger partial charge >= 0.3 is 0 Å². The van der Waals surface area contributed by atoms with Crippen molar-refractivity contribution in [1.29, 1.82) is 0 Å². The van der Waals surface area contributed by atoms with Gasteiger partial charge in [0.25, 0.3) is 0 Å². The summed E-state index contributed by atoms with van der Waals surface area (Å²) in [6.45, 7) is 2.88. The van der Waals surface area contributed by atoms with Crippen molar-refractivity contribution in [3.8, 4) is 0 Å². The zero-order valence-electron chi connectivity index (χ0n) is 14.5. The van der Waals surface area contributed by atoms with Crippen molar-refractivity contribution in [3.05, 3.63) is 48.0 Å². The van der Waals surface area contributed by atoms with Gasteiger partial charge < -0.3 is 9.80 Å². The Labute approximate surface area is 142 Å². The van der Waals surface area contributed by atoms with Crippen molar-refractivity contribution in [3.63, 3.8) is 0 Å². The third kappa shape index (κ3) is 3.82. The van der Waals surface area contributed by atoms with Crippen molar-refractivity contribution in [2.45, 2.75) is 19.0 Å². The minimum absolute atomic E-state index is 0.182. The average Bonchev–Trinajstić information content (AvgIpc) is 3.05. The largest absolute Gasteiger partial charge is 0.363 e. The molecule has 0 amide bonds. The fourth-order valence-corrected chi connectivity index (χ4v) is 3.08. The van der Waals surface area contributed by atoms with Crippen LogP contribution in [-0.4, -0.2) is 55.1 Å². The fourth-order valence-electron chi connectivity index (χ4n) is 3.08. The molecule has 5 nitrogen and oxygen atoms in total. The number of likely N-dealkylation sites (N-methyl/N-ethyl adjacent to an activating group) is 1. The smallest absolute Gasteiger partial charge is 0.134 e. The Morgan fingerprint density at radius 1 is 1.12 bits per heavy atom. The quantitative estimate of drug-likeness (QED) is 0.842. The topological polar surface area (TPSA) is 35.5 Å². The van der Waals surface area contributed by atoms with Crippen LogP contribution >= 0.6 is 0 Å². The van der Waals surface area contributed by atoms with Crippen molar-refractivity contribution in [2.75, 3.05) is 44.0 Å². The minimum atomic E-state index is -0.182. The molecule has 0 bridgehead atoms. The molecule has 1 unspecified atom stereocenters. The van der Waals surface area contributed by atoms with Gasteiger partial charge in [-0.15, -0.1) is 0 Å². The van der Waals surface area contributed by atoms with Gasteiger partial charge in [-0.2, -0.15) is 0 Å². The Morgan fingerprint density at radius 2 is 1.83 bits per heavy atom. The summed E-state index contributed by atoms with van der Waals surface area (Å²) in [5.41, 5.74) is 1.15. The van der Waals surface area contributed by atoms with E-state index in [4.69, 9.17) is 0 Å². The number of hydrogen-bond donors (Lipinski definition) is 0. The predicted octanol–water partition coefficient (Wildman–Crippen LogP) is 2.39. The summed E-state index contributed by atoms with van der Waals surface area (Å²) in [6.07, 6.45) is 2.71. The van der Waals surface area contributed by atoms with Crippen molar-refractivity contribution in [1.82, 2.24) is 14.9 Å². The monoisotopic (exact) mass is 329 g/mol. The van der Waals surface area contributed by atoms with E-state index >= 15 is 0 Å². The molecule has 2 aromatic rings. The van der Waals surface area contributed by atoms with Gasteiger partial charge in [0.05, 0.1) is 0 Å². The first-order valence-corrected chi connectivity index (χ1v) is 8.22. The number of nitrogens with zero attached hydrogens (tertiary/aromatic N) is 5. The van der Waals surface area contributed by atoms with Crippen LogP contribution in [0.15, 0.2) is 36.7 Å². The van der Waals surface area contributed by atoms with Gasteiger partial charge in [-0.25, -0.2) is 14.4 Å². The molecule has 0 spiro atoms. The Balaban J connectivity index is 1.62. The SMILES string of the molecule is CN(C)c1cc(N(C)C2CCN(Cc3ccc(F)cc3)C2)ncn1. The van der Waals surface area contributed by atoms with Crippen molar-refractivity contribution < 1.29 is 4.39 Å². The van der Waals surface area contributed by atoms with Gasteiger partial charge in [0, 0.05) is 52.9 Å². The number of likely N-dealkylation sites (tertiary alicyclic amines) is 1. The predicted molar refractivity (Wildman–Crippen MR) is 94.8 cm³/mol. The second-order valence-electron chi connectivity index (χ2n) is 6.54. The number of benzene rings is 1. The maximum Gasteiger partial charge on any atom is 0.134 e. The summed E-state index contributed by atoms with van der Waals surface area (Å²) in [4.78, 5) is 15.3. The molecule has 1 aliphatic rings. The maximum absolute atomic E-state index is 13.0. The number of anilines is 2. The lowest BCUT2D eigenvalue weighted by Crippen LogP contribution is -2.35. The summed E-state index contributed by atoms with van der Waals surface area (Å²) in [5.74, 6) is 1.67. The molecule has 128 valence electrons. The second kappa shape index (κ2) is 7.13. The van der Waals surface area contributed by atoms with Crippen LogP contribution in [0.1, 0.15) is 12.0 Å². The number of aromatic nitrogens is 2. The van der Waals surface area contributed by atoms with Crippen LogP contribution in [-0.2, 0) is 6.54 Å². The van der Waals surface area contributed by atoms with Gasteiger partial charge in [-0.1, -0.05) is 12.1 Å². The lowest BCUT2D eigenvalue weighted by molar-refractivity contribution is 0.325. The lowest BCUT2D eigenvalue weighted by Gasteiger charge is -2.26. The van der Waals surface area contributed by atoms with E-state index in [2.05, 4.69) is 26.8 Å². The third-order valence-corrected chi connectivity index (χ3v) is 4.57. The van der Waals surface area contributed by atoms with Crippen LogP contribution in [0.25, 0.3) is 0 Å². The minimum Gasteiger partial charge on any atom is -0.363 e. The van der Waals surface area contributed by atoms with Crippen molar-refractivity contribution in [2.24, 2.45) is 0 Å². The van der Waals surface area contributed by atoms with Gasteiger partial charge in [-0.05, 0) is 24.1 Å². The normalized spacial score (nSPS) is 17.9. The molecular weight excluding hydrogens is 305 g/mol. The Morgan fingerprint density at radius 3 is 2.54 bits per heavy atom.